The third kappa shape index (κ3) is 6.21. The molecule has 0 aliphatic heterocycles. The minimum atomic E-state index is 0.509. The Balaban J connectivity index is 1.86. The van der Waals surface area contributed by atoms with Crippen molar-refractivity contribution < 1.29 is 4.74 Å². The van der Waals surface area contributed by atoms with Crippen LogP contribution in [-0.2, 0) is 6.42 Å². The molecule has 0 aromatic heterocycles. The SMILES string of the molecule is C=CCOc1ccc(/C=N/N=C/c2ccc(CCCC)cc2)cc1. The molecule has 2 aromatic rings. The van der Waals surface area contributed by atoms with Crippen molar-refractivity contribution in [2.24, 2.45) is 10.2 Å². The van der Waals surface area contributed by atoms with E-state index in [1.807, 2.05) is 24.3 Å². The van der Waals surface area contributed by atoms with Gasteiger partial charge >= 0.3 is 0 Å². The summed E-state index contributed by atoms with van der Waals surface area (Å²) in [5.41, 5.74) is 3.41. The normalized spacial score (nSPS) is 11.2. The molecule has 0 saturated carbocycles. The lowest BCUT2D eigenvalue weighted by atomic mass is 10.1. The highest BCUT2D eigenvalue weighted by molar-refractivity contribution is 5.82. The van der Waals surface area contributed by atoms with E-state index in [1.165, 1.54) is 18.4 Å². The van der Waals surface area contributed by atoms with E-state index in [1.54, 1.807) is 18.5 Å². The Morgan fingerprint density at radius 2 is 1.50 bits per heavy atom. The maximum atomic E-state index is 5.44. The summed E-state index contributed by atoms with van der Waals surface area (Å²) in [6.45, 7) is 6.34. The predicted molar refractivity (Wildman–Crippen MR) is 102 cm³/mol. The Labute approximate surface area is 144 Å². The van der Waals surface area contributed by atoms with E-state index in [0.717, 1.165) is 23.3 Å². The zero-order valence-corrected chi connectivity index (χ0v) is 14.2. The lowest BCUT2D eigenvalue weighted by Crippen LogP contribution is -1.92. The zero-order valence-electron chi connectivity index (χ0n) is 14.2. The van der Waals surface area contributed by atoms with Gasteiger partial charge in [0.2, 0.25) is 0 Å². The molecule has 0 spiro atoms. The molecule has 0 saturated heterocycles. The number of benzene rings is 2. The number of unbranched alkanes of at least 4 members (excludes halogenated alkanes) is 1. The second kappa shape index (κ2) is 10.2. The Bertz CT molecular complexity index is 670. The van der Waals surface area contributed by atoms with Crippen LogP contribution in [0.25, 0.3) is 0 Å². The van der Waals surface area contributed by atoms with Crippen molar-refractivity contribution >= 4 is 12.4 Å². The van der Waals surface area contributed by atoms with Crippen molar-refractivity contribution in [3.63, 3.8) is 0 Å². The van der Waals surface area contributed by atoms with Crippen LogP contribution < -0.4 is 4.74 Å². The van der Waals surface area contributed by atoms with E-state index in [-0.39, 0.29) is 0 Å². The molecule has 0 fully saturated rings. The van der Waals surface area contributed by atoms with Crippen LogP contribution in [-0.4, -0.2) is 19.0 Å². The number of aryl methyl sites for hydroxylation is 1. The minimum absolute atomic E-state index is 0.509. The average Bonchev–Trinajstić information content (AvgIpc) is 2.64. The van der Waals surface area contributed by atoms with Gasteiger partial charge in [-0.05, 0) is 53.8 Å². The molecular formula is C21H24N2O. The van der Waals surface area contributed by atoms with Crippen molar-refractivity contribution in [1.29, 1.82) is 0 Å². The highest BCUT2D eigenvalue weighted by Gasteiger charge is 1.93. The van der Waals surface area contributed by atoms with Gasteiger partial charge in [-0.15, -0.1) is 0 Å². The van der Waals surface area contributed by atoms with Gasteiger partial charge in [0.05, 0.1) is 12.4 Å². The third-order valence-corrected chi connectivity index (χ3v) is 3.53. The fraction of sp³-hybridized carbons (Fsp3) is 0.238. The van der Waals surface area contributed by atoms with E-state index < -0.39 is 0 Å². The molecule has 0 aliphatic rings. The van der Waals surface area contributed by atoms with Crippen LogP contribution in [0.4, 0.5) is 0 Å². The first-order valence-electron chi connectivity index (χ1n) is 8.31. The van der Waals surface area contributed by atoms with Crippen molar-refractivity contribution in [2.45, 2.75) is 26.2 Å². The molecular weight excluding hydrogens is 296 g/mol. The fourth-order valence-corrected chi connectivity index (χ4v) is 2.16. The van der Waals surface area contributed by atoms with Gasteiger partial charge in [0.25, 0.3) is 0 Å². The minimum Gasteiger partial charge on any atom is -0.490 e. The smallest absolute Gasteiger partial charge is 0.119 e. The van der Waals surface area contributed by atoms with Crippen LogP contribution in [0, 0.1) is 0 Å². The fourth-order valence-electron chi connectivity index (χ4n) is 2.16. The molecule has 124 valence electrons. The van der Waals surface area contributed by atoms with E-state index in [9.17, 15) is 0 Å². The molecule has 0 atom stereocenters. The average molecular weight is 320 g/mol. The molecule has 0 bridgehead atoms. The monoisotopic (exact) mass is 320 g/mol. The van der Waals surface area contributed by atoms with Gasteiger partial charge in [0.1, 0.15) is 12.4 Å². The highest BCUT2D eigenvalue weighted by Crippen LogP contribution is 2.11. The van der Waals surface area contributed by atoms with Gasteiger partial charge in [-0.1, -0.05) is 50.3 Å². The predicted octanol–water partition coefficient (Wildman–Crippen LogP) is 5.05. The van der Waals surface area contributed by atoms with Crippen LogP contribution in [0.5, 0.6) is 5.75 Å². The summed E-state index contributed by atoms with van der Waals surface area (Å²) >= 11 is 0. The van der Waals surface area contributed by atoms with Crippen molar-refractivity contribution in [2.75, 3.05) is 6.61 Å². The van der Waals surface area contributed by atoms with Gasteiger partial charge < -0.3 is 4.74 Å². The molecule has 3 nitrogen and oxygen atoms in total. The van der Waals surface area contributed by atoms with E-state index in [0.29, 0.717) is 6.61 Å². The molecule has 0 amide bonds. The largest absolute Gasteiger partial charge is 0.490 e. The summed E-state index contributed by atoms with van der Waals surface area (Å²) in [5, 5.41) is 8.19. The lowest BCUT2D eigenvalue weighted by molar-refractivity contribution is 0.363. The summed E-state index contributed by atoms with van der Waals surface area (Å²) in [6.07, 6.45) is 8.80. The van der Waals surface area contributed by atoms with Gasteiger partial charge in [0.15, 0.2) is 0 Å². The van der Waals surface area contributed by atoms with Crippen molar-refractivity contribution in [1.82, 2.24) is 0 Å². The summed E-state index contributed by atoms with van der Waals surface area (Å²) < 4.78 is 5.44. The summed E-state index contributed by atoms with van der Waals surface area (Å²) in [7, 11) is 0. The standard InChI is InChI=1S/C21H24N2O/c1-3-5-6-18-7-9-19(10-8-18)16-22-23-17-20-11-13-21(14-12-20)24-15-4-2/h4,7-14,16-17H,2-3,5-6,15H2,1H3/b22-16+,23-17+. The molecule has 24 heavy (non-hydrogen) atoms. The first-order chi connectivity index (χ1) is 11.8. The Hall–Kier alpha value is -2.68. The molecule has 3 heteroatoms. The van der Waals surface area contributed by atoms with Crippen LogP contribution in [0.1, 0.15) is 36.5 Å². The maximum Gasteiger partial charge on any atom is 0.119 e. The van der Waals surface area contributed by atoms with Gasteiger partial charge in [-0.3, -0.25) is 0 Å². The van der Waals surface area contributed by atoms with Gasteiger partial charge in [-0.2, -0.15) is 10.2 Å². The number of rotatable bonds is 9. The van der Waals surface area contributed by atoms with Crippen LogP contribution in [0.2, 0.25) is 0 Å². The van der Waals surface area contributed by atoms with E-state index in [4.69, 9.17) is 4.74 Å². The summed E-state index contributed by atoms with van der Waals surface area (Å²) in [6, 6.07) is 16.2. The maximum absolute atomic E-state index is 5.44. The third-order valence-electron chi connectivity index (χ3n) is 3.53. The molecule has 2 rings (SSSR count). The van der Waals surface area contributed by atoms with Crippen molar-refractivity contribution in [3.8, 4) is 5.75 Å². The Kier molecular flexibility index (Phi) is 7.48. The van der Waals surface area contributed by atoms with E-state index >= 15 is 0 Å². The van der Waals surface area contributed by atoms with Crippen LogP contribution >= 0.6 is 0 Å². The molecule has 0 N–H and O–H groups in total. The number of hydrogen-bond acceptors (Lipinski definition) is 3. The second-order valence-corrected chi connectivity index (χ2v) is 5.50. The number of nitrogens with zero attached hydrogens (tertiary/aromatic N) is 2. The van der Waals surface area contributed by atoms with Crippen molar-refractivity contribution in [3.05, 3.63) is 77.9 Å². The lowest BCUT2D eigenvalue weighted by Gasteiger charge is -2.02. The van der Waals surface area contributed by atoms with E-state index in [2.05, 4.69) is 48.0 Å². The first-order valence-corrected chi connectivity index (χ1v) is 8.31. The molecule has 0 radical (unpaired) electrons. The molecule has 0 unspecified atom stereocenters. The number of ether oxygens (including phenoxy) is 1. The quantitative estimate of drug-likeness (QED) is 0.362. The summed E-state index contributed by atoms with van der Waals surface area (Å²) in [5.74, 6) is 0.818. The first kappa shape index (κ1) is 17.7. The van der Waals surface area contributed by atoms with Crippen LogP contribution in [0.15, 0.2) is 71.4 Å². The van der Waals surface area contributed by atoms with Gasteiger partial charge in [-0.25, -0.2) is 0 Å². The van der Waals surface area contributed by atoms with Crippen LogP contribution in [0.3, 0.4) is 0 Å². The highest BCUT2D eigenvalue weighted by atomic mass is 16.5. The molecule has 0 aliphatic carbocycles. The zero-order chi connectivity index (χ0) is 17.0. The Morgan fingerprint density at radius 3 is 2.04 bits per heavy atom. The number of hydrogen-bond donors (Lipinski definition) is 0. The van der Waals surface area contributed by atoms with Gasteiger partial charge in [0, 0.05) is 0 Å². The Morgan fingerprint density at radius 1 is 0.917 bits per heavy atom. The molecule has 0 heterocycles. The second-order valence-electron chi connectivity index (χ2n) is 5.50. The topological polar surface area (TPSA) is 34.0 Å². The summed E-state index contributed by atoms with van der Waals surface area (Å²) in [4.78, 5) is 0. The molecule has 2 aromatic carbocycles.